The number of benzene rings is 2. The number of nitrogens with zero attached hydrogens (tertiary/aromatic N) is 3. The molecule has 0 aliphatic heterocycles. The van der Waals surface area contributed by atoms with Crippen LogP contribution in [0.5, 0.6) is 0 Å². The quantitative estimate of drug-likeness (QED) is 0.483. The summed E-state index contributed by atoms with van der Waals surface area (Å²) in [7, 11) is 0. The molecule has 0 aliphatic rings. The van der Waals surface area contributed by atoms with Crippen molar-refractivity contribution in [2.24, 2.45) is 0 Å². The van der Waals surface area contributed by atoms with E-state index in [4.69, 9.17) is 4.98 Å². The van der Waals surface area contributed by atoms with Crippen LogP contribution in [0.4, 0.5) is 5.69 Å². The van der Waals surface area contributed by atoms with Gasteiger partial charge in [0.25, 0.3) is 11.5 Å². The van der Waals surface area contributed by atoms with Crippen molar-refractivity contribution in [3.8, 4) is 0 Å². The number of carbonyl (C=O) groups is 1. The fourth-order valence-corrected chi connectivity index (χ4v) is 3.70. The molecule has 1 amide bonds. The Morgan fingerprint density at radius 1 is 0.968 bits per heavy atom. The Balaban J connectivity index is 1.68. The number of amides is 1. The third kappa shape index (κ3) is 3.48. The summed E-state index contributed by atoms with van der Waals surface area (Å²) in [5, 5.41) is 3.35. The number of fused-ring (bicyclic) bond motifs is 2. The number of pyridine rings is 1. The molecule has 0 unspecified atom stereocenters. The van der Waals surface area contributed by atoms with Crippen molar-refractivity contribution >= 4 is 28.3 Å². The predicted molar refractivity (Wildman–Crippen MR) is 122 cm³/mol. The third-order valence-corrected chi connectivity index (χ3v) is 5.30. The third-order valence-electron chi connectivity index (χ3n) is 5.30. The Morgan fingerprint density at radius 2 is 1.71 bits per heavy atom. The first-order valence-corrected chi connectivity index (χ1v) is 10.0. The monoisotopic (exact) mass is 408 g/mol. The lowest BCUT2D eigenvalue weighted by Gasteiger charge is -2.11. The van der Waals surface area contributed by atoms with E-state index in [9.17, 15) is 9.59 Å². The molecular formula is C25H20N4O2. The summed E-state index contributed by atoms with van der Waals surface area (Å²) in [5.41, 5.74) is 4.05. The molecule has 3 aromatic heterocycles. The first-order chi connectivity index (χ1) is 15.1. The number of rotatable bonds is 4. The number of anilines is 1. The van der Waals surface area contributed by atoms with Gasteiger partial charge in [-0.25, -0.2) is 4.98 Å². The van der Waals surface area contributed by atoms with E-state index >= 15 is 0 Å². The number of aryl methyl sites for hydroxylation is 1. The summed E-state index contributed by atoms with van der Waals surface area (Å²) >= 11 is 0. The van der Waals surface area contributed by atoms with Crippen molar-refractivity contribution in [3.05, 3.63) is 112 Å². The van der Waals surface area contributed by atoms with E-state index in [1.807, 2.05) is 72.2 Å². The first-order valence-electron chi connectivity index (χ1n) is 10.0. The van der Waals surface area contributed by atoms with E-state index in [0.717, 1.165) is 11.1 Å². The number of carbonyl (C=O) groups excluding carboxylic acids is 1. The molecule has 5 rings (SSSR count). The van der Waals surface area contributed by atoms with Gasteiger partial charge in [0.05, 0.1) is 5.39 Å². The molecule has 0 saturated carbocycles. The average molecular weight is 408 g/mol. The number of aromatic nitrogens is 3. The zero-order valence-electron chi connectivity index (χ0n) is 16.9. The molecule has 1 N–H and O–H groups in total. The van der Waals surface area contributed by atoms with Gasteiger partial charge in [-0.3, -0.25) is 14.0 Å². The smallest absolute Gasteiger partial charge is 0.272 e. The SMILES string of the molecule is Cc1ccc(NC(=O)c2cc3c(=O)n4ccccc4nc3n2Cc2ccccc2)cc1. The minimum Gasteiger partial charge on any atom is -0.321 e. The van der Waals surface area contributed by atoms with E-state index < -0.39 is 0 Å². The maximum absolute atomic E-state index is 13.2. The topological polar surface area (TPSA) is 68.4 Å². The Morgan fingerprint density at radius 3 is 2.48 bits per heavy atom. The Kier molecular flexibility index (Phi) is 4.59. The van der Waals surface area contributed by atoms with E-state index in [-0.39, 0.29) is 11.5 Å². The van der Waals surface area contributed by atoms with Crippen LogP contribution in [-0.2, 0) is 6.54 Å². The molecule has 0 bridgehead atoms. The molecule has 2 aromatic carbocycles. The largest absolute Gasteiger partial charge is 0.321 e. The van der Waals surface area contributed by atoms with Gasteiger partial charge in [0.15, 0.2) is 0 Å². The predicted octanol–water partition coefficient (Wildman–Crippen LogP) is 4.26. The molecule has 0 aliphatic carbocycles. The number of hydrogen-bond acceptors (Lipinski definition) is 3. The molecule has 31 heavy (non-hydrogen) atoms. The van der Waals surface area contributed by atoms with Gasteiger partial charge in [-0.1, -0.05) is 54.1 Å². The zero-order chi connectivity index (χ0) is 21.4. The summed E-state index contributed by atoms with van der Waals surface area (Å²) in [6.45, 7) is 2.42. The highest BCUT2D eigenvalue weighted by molar-refractivity contribution is 6.06. The van der Waals surface area contributed by atoms with Crippen LogP contribution in [0.1, 0.15) is 21.6 Å². The van der Waals surface area contributed by atoms with Gasteiger partial charge in [-0.15, -0.1) is 0 Å². The second-order valence-electron chi connectivity index (χ2n) is 7.50. The van der Waals surface area contributed by atoms with Crippen LogP contribution in [-0.4, -0.2) is 19.9 Å². The minimum atomic E-state index is -0.286. The van der Waals surface area contributed by atoms with Crippen LogP contribution in [0.2, 0.25) is 0 Å². The summed E-state index contributed by atoms with van der Waals surface area (Å²) in [4.78, 5) is 31.0. The second-order valence-corrected chi connectivity index (χ2v) is 7.50. The van der Waals surface area contributed by atoms with Crippen molar-refractivity contribution in [2.75, 3.05) is 5.32 Å². The number of hydrogen-bond donors (Lipinski definition) is 1. The maximum atomic E-state index is 13.2. The molecular weight excluding hydrogens is 388 g/mol. The van der Waals surface area contributed by atoms with Crippen molar-refractivity contribution in [2.45, 2.75) is 13.5 Å². The highest BCUT2D eigenvalue weighted by Crippen LogP contribution is 2.20. The van der Waals surface area contributed by atoms with Gasteiger partial charge in [0, 0.05) is 18.4 Å². The van der Waals surface area contributed by atoms with Crippen LogP contribution in [0.25, 0.3) is 16.7 Å². The van der Waals surface area contributed by atoms with Crippen LogP contribution in [0.3, 0.4) is 0 Å². The molecule has 3 heterocycles. The molecule has 6 nitrogen and oxygen atoms in total. The van der Waals surface area contributed by atoms with Crippen LogP contribution in [0.15, 0.2) is 89.9 Å². The summed E-state index contributed by atoms with van der Waals surface area (Å²) in [5.74, 6) is -0.286. The lowest BCUT2D eigenvalue weighted by atomic mass is 10.2. The van der Waals surface area contributed by atoms with Gasteiger partial charge in [0.2, 0.25) is 0 Å². The molecule has 0 fully saturated rings. The molecule has 152 valence electrons. The van der Waals surface area contributed by atoms with Crippen molar-refractivity contribution in [3.63, 3.8) is 0 Å². The number of nitrogens with one attached hydrogen (secondary N) is 1. The fourth-order valence-electron chi connectivity index (χ4n) is 3.70. The van der Waals surface area contributed by atoms with Crippen molar-refractivity contribution < 1.29 is 4.79 Å². The average Bonchev–Trinajstić information content (AvgIpc) is 3.15. The van der Waals surface area contributed by atoms with Gasteiger partial charge < -0.3 is 9.88 Å². The molecule has 6 heteroatoms. The Labute approximate surface area is 178 Å². The lowest BCUT2D eigenvalue weighted by molar-refractivity contribution is 0.101. The Bertz CT molecular complexity index is 1470. The Hall–Kier alpha value is -4.19. The molecule has 0 atom stereocenters. The van der Waals surface area contributed by atoms with E-state index in [2.05, 4.69) is 5.32 Å². The summed E-state index contributed by atoms with van der Waals surface area (Å²) in [6, 6.07) is 24.5. The van der Waals surface area contributed by atoms with Gasteiger partial charge in [0.1, 0.15) is 17.0 Å². The maximum Gasteiger partial charge on any atom is 0.272 e. The molecule has 5 aromatic rings. The molecule has 0 spiro atoms. The van der Waals surface area contributed by atoms with Crippen LogP contribution >= 0.6 is 0 Å². The van der Waals surface area contributed by atoms with E-state index in [1.165, 1.54) is 4.40 Å². The van der Waals surface area contributed by atoms with Gasteiger partial charge in [-0.05, 0) is 42.8 Å². The van der Waals surface area contributed by atoms with E-state index in [1.54, 1.807) is 24.4 Å². The highest BCUT2D eigenvalue weighted by atomic mass is 16.2. The van der Waals surface area contributed by atoms with Crippen LogP contribution < -0.4 is 10.9 Å². The van der Waals surface area contributed by atoms with Gasteiger partial charge >= 0.3 is 0 Å². The standard InChI is InChI=1S/C25H20N4O2/c1-17-10-12-19(13-11-17)26-24(30)21-15-20-23(29(21)16-18-7-3-2-4-8-18)27-22-9-5-6-14-28(22)25(20)31/h2-15H,16H2,1H3,(H,26,30). The van der Waals surface area contributed by atoms with Crippen LogP contribution in [0, 0.1) is 6.92 Å². The molecule has 0 saturated heterocycles. The zero-order valence-corrected chi connectivity index (χ0v) is 16.9. The summed E-state index contributed by atoms with van der Waals surface area (Å²) < 4.78 is 3.30. The van der Waals surface area contributed by atoms with Crippen molar-refractivity contribution in [1.29, 1.82) is 0 Å². The van der Waals surface area contributed by atoms with Gasteiger partial charge in [-0.2, -0.15) is 0 Å². The normalized spacial score (nSPS) is 11.1. The lowest BCUT2D eigenvalue weighted by Crippen LogP contribution is -2.18. The first kappa shape index (κ1) is 18.8. The fraction of sp³-hybridized carbons (Fsp3) is 0.0800. The van der Waals surface area contributed by atoms with Crippen molar-refractivity contribution in [1.82, 2.24) is 14.0 Å². The summed E-state index contributed by atoms with van der Waals surface area (Å²) in [6.07, 6.45) is 1.69. The minimum absolute atomic E-state index is 0.197. The van der Waals surface area contributed by atoms with E-state index in [0.29, 0.717) is 34.6 Å². The highest BCUT2D eigenvalue weighted by Gasteiger charge is 2.20. The second kappa shape index (κ2) is 7.57. The molecule has 0 radical (unpaired) electrons.